The molecule has 1 atom stereocenters. The van der Waals surface area contributed by atoms with Crippen LogP contribution in [-0.4, -0.2) is 15.1 Å². The van der Waals surface area contributed by atoms with E-state index >= 15 is 0 Å². The van der Waals surface area contributed by atoms with E-state index in [4.69, 9.17) is 23.2 Å². The fourth-order valence-corrected chi connectivity index (χ4v) is 4.48. The fourth-order valence-electron chi connectivity index (χ4n) is 2.64. The lowest BCUT2D eigenvalue weighted by molar-refractivity contribution is 0.106. The smallest absolute Gasteiger partial charge is 0.126 e. The van der Waals surface area contributed by atoms with Gasteiger partial charge in [0.1, 0.15) is 5.60 Å². The third-order valence-corrected chi connectivity index (χ3v) is 6.57. The molecule has 3 aromatic rings. The highest BCUT2D eigenvalue weighted by molar-refractivity contribution is 9.10. The lowest BCUT2D eigenvalue weighted by atomic mass is 9.88. The first-order valence-electron chi connectivity index (χ1n) is 7.77. The Morgan fingerprint density at radius 2 is 1.23 bits per heavy atom. The van der Waals surface area contributed by atoms with Crippen LogP contribution in [-0.2, 0) is 16.4 Å². The predicted molar refractivity (Wildman–Crippen MR) is 111 cm³/mol. The summed E-state index contributed by atoms with van der Waals surface area (Å²) in [4.78, 5) is 0.648. The minimum absolute atomic E-state index is 0.0118. The molecule has 3 rings (SSSR count). The molecule has 0 saturated carbocycles. The van der Waals surface area contributed by atoms with Gasteiger partial charge in [-0.3, -0.25) is 4.21 Å². The van der Waals surface area contributed by atoms with Crippen molar-refractivity contribution in [2.24, 2.45) is 0 Å². The molecule has 1 unspecified atom stereocenters. The summed E-state index contributed by atoms with van der Waals surface area (Å²) in [5.41, 5.74) is -0.197. The second-order valence-electron chi connectivity index (χ2n) is 5.82. The molecule has 1 N–H and O–H groups in total. The molecule has 3 aromatic carbocycles. The van der Waals surface area contributed by atoms with Gasteiger partial charge in [0.05, 0.1) is 16.6 Å². The fraction of sp³-hybridized carbons (Fsp3) is 0.100. The van der Waals surface area contributed by atoms with Crippen molar-refractivity contribution in [1.29, 1.82) is 0 Å². The van der Waals surface area contributed by atoms with Crippen LogP contribution in [0, 0.1) is 0 Å². The quantitative estimate of drug-likeness (QED) is 0.512. The van der Waals surface area contributed by atoms with Gasteiger partial charge in [0.2, 0.25) is 0 Å². The maximum Gasteiger partial charge on any atom is 0.126 e. The number of halogens is 3. The summed E-state index contributed by atoms with van der Waals surface area (Å²) in [7, 11) is -1.41. The molecule has 2 nitrogen and oxygen atoms in total. The Hall–Kier alpha value is -1.17. The molecule has 6 heteroatoms. The minimum Gasteiger partial charge on any atom is -0.379 e. The molecule has 0 aliphatic carbocycles. The molecular formula is C20H15BrCl2O2S. The van der Waals surface area contributed by atoms with Gasteiger partial charge >= 0.3 is 0 Å². The highest BCUT2D eigenvalue weighted by Gasteiger charge is 2.34. The van der Waals surface area contributed by atoms with Crippen molar-refractivity contribution in [2.75, 3.05) is 5.75 Å². The zero-order valence-electron chi connectivity index (χ0n) is 13.5. The summed E-state index contributed by atoms with van der Waals surface area (Å²) >= 11 is 15.3. The lowest BCUT2D eigenvalue weighted by Crippen LogP contribution is -2.33. The van der Waals surface area contributed by atoms with Crippen LogP contribution in [0.5, 0.6) is 0 Å². The van der Waals surface area contributed by atoms with E-state index in [1.165, 1.54) is 0 Å². The van der Waals surface area contributed by atoms with E-state index in [-0.39, 0.29) is 5.75 Å². The Labute approximate surface area is 173 Å². The van der Waals surface area contributed by atoms with E-state index in [0.29, 0.717) is 26.1 Å². The molecule has 0 fully saturated rings. The van der Waals surface area contributed by atoms with Gasteiger partial charge in [0.25, 0.3) is 0 Å². The summed E-state index contributed by atoms with van der Waals surface area (Å²) in [5.74, 6) is 0.0118. The van der Waals surface area contributed by atoms with E-state index < -0.39 is 16.4 Å². The first-order valence-corrected chi connectivity index (χ1v) is 10.6. The van der Waals surface area contributed by atoms with Gasteiger partial charge in [-0.2, -0.15) is 0 Å². The van der Waals surface area contributed by atoms with Gasteiger partial charge in [0, 0.05) is 19.4 Å². The van der Waals surface area contributed by atoms with Gasteiger partial charge < -0.3 is 5.11 Å². The van der Waals surface area contributed by atoms with Crippen LogP contribution < -0.4 is 0 Å². The second kappa shape index (κ2) is 8.24. The van der Waals surface area contributed by atoms with Crippen molar-refractivity contribution in [3.63, 3.8) is 0 Å². The van der Waals surface area contributed by atoms with Crippen molar-refractivity contribution in [3.05, 3.63) is 98.4 Å². The number of hydrogen-bond acceptors (Lipinski definition) is 2. The summed E-state index contributed by atoms with van der Waals surface area (Å²) in [6.07, 6.45) is 0. The normalized spacial score (nSPS) is 12.8. The van der Waals surface area contributed by atoms with Gasteiger partial charge in [-0.1, -0.05) is 63.4 Å². The predicted octanol–water partition coefficient (Wildman–Crippen LogP) is 5.80. The molecule has 26 heavy (non-hydrogen) atoms. The van der Waals surface area contributed by atoms with Gasteiger partial charge in [-0.25, -0.2) is 0 Å². The molecule has 0 bridgehead atoms. The first kappa shape index (κ1) is 19.6. The van der Waals surface area contributed by atoms with Crippen molar-refractivity contribution < 1.29 is 9.32 Å². The van der Waals surface area contributed by atoms with E-state index in [9.17, 15) is 9.32 Å². The van der Waals surface area contributed by atoms with Crippen molar-refractivity contribution in [2.45, 2.75) is 10.5 Å². The number of benzene rings is 3. The molecular weight excluding hydrogens is 455 g/mol. The second-order valence-corrected chi connectivity index (χ2v) is 9.06. The summed E-state index contributed by atoms with van der Waals surface area (Å²) in [5, 5.41) is 12.7. The van der Waals surface area contributed by atoms with E-state index in [1.807, 2.05) is 12.1 Å². The average Bonchev–Trinajstić information content (AvgIpc) is 2.63. The maximum absolute atomic E-state index is 12.9. The standard InChI is InChI=1S/C20H15BrCl2O2S/c21-16-5-11-19(12-6-16)26(25)13-20(24,14-1-7-17(22)8-2-14)15-3-9-18(23)10-4-15/h1-12,24H,13H2. The topological polar surface area (TPSA) is 37.3 Å². The third-order valence-electron chi connectivity index (χ3n) is 4.06. The number of hydrogen-bond donors (Lipinski definition) is 1. The van der Waals surface area contributed by atoms with Crippen molar-refractivity contribution in [1.82, 2.24) is 0 Å². The highest BCUT2D eigenvalue weighted by atomic mass is 79.9. The molecule has 0 aliphatic rings. The number of aliphatic hydroxyl groups is 1. The monoisotopic (exact) mass is 468 g/mol. The Morgan fingerprint density at radius 1 is 0.808 bits per heavy atom. The van der Waals surface area contributed by atoms with E-state index in [0.717, 1.165) is 4.47 Å². The van der Waals surface area contributed by atoms with Gasteiger partial charge in [-0.15, -0.1) is 0 Å². The van der Waals surface area contributed by atoms with Crippen molar-refractivity contribution in [3.8, 4) is 0 Å². The highest BCUT2D eigenvalue weighted by Crippen LogP contribution is 2.33. The van der Waals surface area contributed by atoms with Crippen LogP contribution in [0.25, 0.3) is 0 Å². The Balaban J connectivity index is 2.02. The molecule has 0 amide bonds. The zero-order chi connectivity index (χ0) is 18.7. The summed E-state index contributed by atoms with van der Waals surface area (Å²) in [6, 6.07) is 21.0. The first-order chi connectivity index (χ1) is 12.4. The van der Waals surface area contributed by atoms with Crippen LogP contribution in [0.4, 0.5) is 0 Å². The molecule has 0 radical (unpaired) electrons. The largest absolute Gasteiger partial charge is 0.379 e. The lowest BCUT2D eigenvalue weighted by Gasteiger charge is -2.29. The van der Waals surface area contributed by atoms with Crippen LogP contribution >= 0.6 is 39.1 Å². The Bertz CT molecular complexity index is 865. The van der Waals surface area contributed by atoms with E-state index in [1.54, 1.807) is 60.7 Å². The Kier molecular flexibility index (Phi) is 6.21. The third kappa shape index (κ3) is 4.38. The minimum atomic E-state index is -1.44. The van der Waals surface area contributed by atoms with Crippen LogP contribution in [0.3, 0.4) is 0 Å². The van der Waals surface area contributed by atoms with Gasteiger partial charge in [-0.05, 0) is 59.7 Å². The van der Waals surface area contributed by atoms with E-state index in [2.05, 4.69) is 15.9 Å². The maximum atomic E-state index is 12.9. The SMILES string of the molecule is O=S(CC(O)(c1ccc(Cl)cc1)c1ccc(Cl)cc1)c1ccc(Br)cc1. The summed E-state index contributed by atoms with van der Waals surface area (Å²) in [6.45, 7) is 0. The van der Waals surface area contributed by atoms with Gasteiger partial charge in [0.15, 0.2) is 0 Å². The molecule has 0 spiro atoms. The molecule has 0 saturated heterocycles. The molecule has 0 heterocycles. The van der Waals surface area contributed by atoms with Crippen LogP contribution in [0.2, 0.25) is 10.0 Å². The van der Waals surface area contributed by atoms with Crippen molar-refractivity contribution >= 4 is 49.9 Å². The number of rotatable bonds is 5. The zero-order valence-corrected chi connectivity index (χ0v) is 17.4. The molecule has 0 aliphatic heterocycles. The molecule has 134 valence electrons. The molecule has 0 aromatic heterocycles. The Morgan fingerprint density at radius 3 is 1.65 bits per heavy atom. The average molecular weight is 470 g/mol. The van der Waals surface area contributed by atoms with Crippen LogP contribution in [0.15, 0.2) is 82.2 Å². The summed E-state index contributed by atoms with van der Waals surface area (Å²) < 4.78 is 13.8. The van der Waals surface area contributed by atoms with Crippen LogP contribution in [0.1, 0.15) is 11.1 Å².